The third kappa shape index (κ3) is 1.88. The van der Waals surface area contributed by atoms with Crippen LogP contribution in [-0.2, 0) is 0 Å². The molecule has 0 fully saturated rings. The lowest BCUT2D eigenvalue weighted by molar-refractivity contribution is 0.0851. The van der Waals surface area contributed by atoms with E-state index in [4.69, 9.17) is 4.42 Å². The van der Waals surface area contributed by atoms with Gasteiger partial charge in [-0.3, -0.25) is 9.59 Å². The molecule has 0 amide bonds. The molecule has 0 aliphatic carbocycles. The molecule has 18 heavy (non-hydrogen) atoms. The number of carbonyl (C=O) groups is 2. The molecule has 1 aromatic heterocycles. The SMILES string of the molecule is CC(=O)c1ccc2c(c1)oc(=O)n2C(=O)C(C)C. The molecule has 94 valence electrons. The maximum Gasteiger partial charge on any atom is 0.426 e. The number of hydrogen-bond acceptors (Lipinski definition) is 4. The van der Waals surface area contributed by atoms with Gasteiger partial charge >= 0.3 is 5.76 Å². The highest BCUT2D eigenvalue weighted by Gasteiger charge is 2.19. The molecule has 0 bridgehead atoms. The first-order chi connectivity index (χ1) is 8.41. The van der Waals surface area contributed by atoms with E-state index in [1.54, 1.807) is 26.0 Å². The van der Waals surface area contributed by atoms with Crippen LogP contribution in [0, 0.1) is 5.92 Å². The number of fused-ring (bicyclic) bond motifs is 1. The zero-order valence-corrected chi connectivity index (χ0v) is 10.4. The van der Waals surface area contributed by atoms with E-state index in [9.17, 15) is 14.4 Å². The standard InChI is InChI=1S/C13H13NO4/c1-7(2)12(16)14-10-5-4-9(8(3)15)6-11(10)18-13(14)17/h4-7H,1-3H3. The number of aromatic nitrogens is 1. The van der Waals surface area contributed by atoms with Crippen LogP contribution in [0.4, 0.5) is 0 Å². The summed E-state index contributed by atoms with van der Waals surface area (Å²) in [6.45, 7) is 4.84. The molecule has 0 aliphatic rings. The summed E-state index contributed by atoms with van der Waals surface area (Å²) in [6.07, 6.45) is 0. The van der Waals surface area contributed by atoms with E-state index in [-0.39, 0.29) is 23.2 Å². The Hall–Kier alpha value is -2.17. The fraction of sp³-hybridized carbons (Fsp3) is 0.308. The molecular formula is C13H13NO4. The van der Waals surface area contributed by atoms with Crippen LogP contribution in [0.3, 0.4) is 0 Å². The second-order valence-corrected chi connectivity index (χ2v) is 4.44. The fourth-order valence-electron chi connectivity index (χ4n) is 1.70. The molecule has 0 unspecified atom stereocenters. The Labute approximate surface area is 103 Å². The summed E-state index contributed by atoms with van der Waals surface area (Å²) in [6, 6.07) is 4.60. The summed E-state index contributed by atoms with van der Waals surface area (Å²) >= 11 is 0. The number of hydrogen-bond donors (Lipinski definition) is 0. The molecule has 1 aromatic carbocycles. The van der Waals surface area contributed by atoms with E-state index in [0.717, 1.165) is 4.57 Å². The van der Waals surface area contributed by atoms with Crippen LogP contribution in [0.5, 0.6) is 0 Å². The molecule has 0 saturated carbocycles. The third-order valence-corrected chi connectivity index (χ3v) is 2.70. The third-order valence-electron chi connectivity index (χ3n) is 2.70. The second kappa shape index (κ2) is 4.25. The first-order valence-electron chi connectivity index (χ1n) is 5.62. The van der Waals surface area contributed by atoms with Gasteiger partial charge in [0.1, 0.15) is 0 Å². The maximum atomic E-state index is 11.9. The van der Waals surface area contributed by atoms with Crippen molar-refractivity contribution in [3.05, 3.63) is 34.3 Å². The van der Waals surface area contributed by atoms with Gasteiger partial charge in [-0.05, 0) is 25.1 Å². The molecular weight excluding hydrogens is 234 g/mol. The maximum absolute atomic E-state index is 11.9. The summed E-state index contributed by atoms with van der Waals surface area (Å²) in [7, 11) is 0. The van der Waals surface area contributed by atoms with Crippen LogP contribution in [0.15, 0.2) is 27.4 Å². The van der Waals surface area contributed by atoms with E-state index >= 15 is 0 Å². The van der Waals surface area contributed by atoms with E-state index in [0.29, 0.717) is 11.1 Å². The Bertz CT molecular complexity index is 691. The lowest BCUT2D eigenvalue weighted by atomic mass is 10.1. The Kier molecular flexibility index (Phi) is 2.90. The molecule has 0 spiro atoms. The van der Waals surface area contributed by atoms with Crippen molar-refractivity contribution in [1.29, 1.82) is 0 Å². The number of ketones is 1. The van der Waals surface area contributed by atoms with Crippen molar-refractivity contribution in [2.45, 2.75) is 20.8 Å². The number of benzene rings is 1. The number of rotatable bonds is 2. The Morgan fingerprint density at radius 3 is 2.50 bits per heavy atom. The summed E-state index contributed by atoms with van der Waals surface area (Å²) in [4.78, 5) is 34.8. The van der Waals surface area contributed by atoms with Crippen LogP contribution in [0.2, 0.25) is 0 Å². The quantitative estimate of drug-likeness (QED) is 0.762. The topological polar surface area (TPSA) is 69.3 Å². The largest absolute Gasteiger partial charge is 0.426 e. The van der Waals surface area contributed by atoms with Crippen LogP contribution in [0.25, 0.3) is 11.1 Å². The van der Waals surface area contributed by atoms with E-state index in [1.165, 1.54) is 13.0 Å². The molecule has 1 heterocycles. The Morgan fingerprint density at radius 2 is 1.94 bits per heavy atom. The molecule has 5 nitrogen and oxygen atoms in total. The van der Waals surface area contributed by atoms with Crippen molar-refractivity contribution in [3.8, 4) is 0 Å². The predicted octanol–water partition coefficient (Wildman–Crippen LogP) is 2.09. The average Bonchev–Trinajstić information content (AvgIpc) is 2.62. The molecule has 5 heteroatoms. The molecule has 0 atom stereocenters. The lowest BCUT2D eigenvalue weighted by Crippen LogP contribution is -2.26. The molecule has 0 aliphatic heterocycles. The van der Waals surface area contributed by atoms with Crippen molar-refractivity contribution in [2.24, 2.45) is 5.92 Å². The number of oxazole rings is 1. The summed E-state index contributed by atoms with van der Waals surface area (Å²) in [5.74, 6) is -1.47. The highest BCUT2D eigenvalue weighted by atomic mass is 16.4. The van der Waals surface area contributed by atoms with Crippen molar-refractivity contribution < 1.29 is 14.0 Å². The van der Waals surface area contributed by atoms with E-state index in [1.807, 2.05) is 0 Å². The van der Waals surface area contributed by atoms with Crippen molar-refractivity contribution >= 4 is 22.8 Å². The molecule has 2 rings (SSSR count). The van der Waals surface area contributed by atoms with Gasteiger partial charge in [0.2, 0.25) is 5.91 Å². The lowest BCUT2D eigenvalue weighted by Gasteiger charge is -2.03. The highest BCUT2D eigenvalue weighted by Crippen LogP contribution is 2.16. The first-order valence-corrected chi connectivity index (χ1v) is 5.62. The number of carbonyl (C=O) groups excluding carboxylic acids is 2. The van der Waals surface area contributed by atoms with E-state index < -0.39 is 5.76 Å². The van der Waals surface area contributed by atoms with Crippen LogP contribution < -0.4 is 5.76 Å². The van der Waals surface area contributed by atoms with Gasteiger partial charge in [-0.15, -0.1) is 0 Å². The Morgan fingerprint density at radius 1 is 1.28 bits per heavy atom. The zero-order valence-electron chi connectivity index (χ0n) is 10.4. The molecule has 0 radical (unpaired) electrons. The van der Waals surface area contributed by atoms with Crippen molar-refractivity contribution in [1.82, 2.24) is 4.57 Å². The molecule has 0 N–H and O–H groups in total. The minimum Gasteiger partial charge on any atom is -0.407 e. The highest BCUT2D eigenvalue weighted by molar-refractivity contribution is 5.98. The van der Waals surface area contributed by atoms with Crippen LogP contribution >= 0.6 is 0 Å². The summed E-state index contributed by atoms with van der Waals surface area (Å²) < 4.78 is 6.00. The van der Waals surface area contributed by atoms with Crippen LogP contribution in [0.1, 0.15) is 35.9 Å². The van der Waals surface area contributed by atoms with Gasteiger partial charge < -0.3 is 4.42 Å². The van der Waals surface area contributed by atoms with Gasteiger partial charge in [0.15, 0.2) is 11.4 Å². The number of nitrogens with zero attached hydrogens (tertiary/aromatic N) is 1. The minimum atomic E-state index is -0.718. The predicted molar refractivity (Wildman–Crippen MR) is 65.9 cm³/mol. The van der Waals surface area contributed by atoms with Gasteiger partial charge in [0, 0.05) is 11.5 Å². The van der Waals surface area contributed by atoms with Gasteiger partial charge in [0.05, 0.1) is 5.52 Å². The van der Waals surface area contributed by atoms with Gasteiger partial charge in [-0.1, -0.05) is 13.8 Å². The monoisotopic (exact) mass is 247 g/mol. The van der Waals surface area contributed by atoms with Gasteiger partial charge in [0.25, 0.3) is 0 Å². The van der Waals surface area contributed by atoms with Crippen LogP contribution in [-0.4, -0.2) is 16.3 Å². The average molecular weight is 247 g/mol. The molecule has 2 aromatic rings. The van der Waals surface area contributed by atoms with E-state index in [2.05, 4.69) is 0 Å². The normalized spacial score (nSPS) is 11.1. The Balaban J connectivity index is 2.70. The fourth-order valence-corrected chi connectivity index (χ4v) is 1.70. The first kappa shape index (κ1) is 12.3. The smallest absolute Gasteiger partial charge is 0.407 e. The zero-order chi connectivity index (χ0) is 13.4. The minimum absolute atomic E-state index is 0.123. The van der Waals surface area contributed by atoms with Crippen molar-refractivity contribution in [2.75, 3.05) is 0 Å². The van der Waals surface area contributed by atoms with Crippen molar-refractivity contribution in [3.63, 3.8) is 0 Å². The summed E-state index contributed by atoms with van der Waals surface area (Å²) in [5.41, 5.74) is 1.09. The van der Waals surface area contributed by atoms with Gasteiger partial charge in [-0.2, -0.15) is 0 Å². The van der Waals surface area contributed by atoms with Gasteiger partial charge in [-0.25, -0.2) is 9.36 Å². The number of Topliss-reactive ketones (excluding diaryl/α,β-unsaturated/α-hetero) is 1. The second-order valence-electron chi connectivity index (χ2n) is 4.44. The molecule has 0 saturated heterocycles. The summed E-state index contributed by atoms with van der Waals surface area (Å²) in [5, 5.41) is 0.